The molecule has 0 aliphatic carbocycles. The average molecular weight is 270 g/mol. The van der Waals surface area contributed by atoms with E-state index in [9.17, 15) is 5.11 Å². The monoisotopic (exact) mass is 269 g/mol. The van der Waals surface area contributed by atoms with E-state index in [4.69, 9.17) is 16.3 Å². The molecule has 1 aromatic carbocycles. The number of hydrogen-bond donors (Lipinski definition) is 1. The Hall–Kier alpha value is -0.770. The topological polar surface area (TPSA) is 32.7 Å². The molecule has 1 heterocycles. The smallest absolute Gasteiger partial charge is 0.0749 e. The minimum Gasteiger partial charge on any atom is -0.392 e. The first-order valence-electron chi connectivity index (χ1n) is 6.43. The van der Waals surface area contributed by atoms with E-state index >= 15 is 0 Å². The number of aliphatic hydroxyl groups is 1. The number of hydrogen-bond acceptors (Lipinski definition) is 3. The van der Waals surface area contributed by atoms with Crippen LogP contribution in [0.15, 0.2) is 18.2 Å². The number of anilines is 1. The molecular weight excluding hydrogens is 250 g/mol. The number of nitrogens with zero attached hydrogens (tertiary/aromatic N) is 1. The second-order valence-electron chi connectivity index (χ2n) is 4.76. The highest BCUT2D eigenvalue weighted by Gasteiger charge is 2.18. The van der Waals surface area contributed by atoms with Crippen LogP contribution in [0.4, 0.5) is 5.69 Å². The van der Waals surface area contributed by atoms with E-state index in [2.05, 4.69) is 4.90 Å². The summed E-state index contributed by atoms with van der Waals surface area (Å²) >= 11 is 6.10. The predicted octanol–water partition coefficient (Wildman–Crippen LogP) is 2.84. The summed E-state index contributed by atoms with van der Waals surface area (Å²) in [7, 11) is 2.02. The number of halogens is 1. The van der Waals surface area contributed by atoms with Crippen molar-refractivity contribution >= 4 is 17.3 Å². The van der Waals surface area contributed by atoms with Gasteiger partial charge in [0.05, 0.1) is 12.7 Å². The summed E-state index contributed by atoms with van der Waals surface area (Å²) in [4.78, 5) is 2.12. The van der Waals surface area contributed by atoms with Crippen LogP contribution in [0.5, 0.6) is 0 Å². The van der Waals surface area contributed by atoms with Crippen molar-refractivity contribution in [3.05, 3.63) is 28.8 Å². The van der Waals surface area contributed by atoms with Gasteiger partial charge in [0.1, 0.15) is 0 Å². The van der Waals surface area contributed by atoms with E-state index in [0.29, 0.717) is 5.02 Å². The molecule has 3 nitrogen and oxygen atoms in total. The lowest BCUT2D eigenvalue weighted by molar-refractivity contribution is 0.0216. The van der Waals surface area contributed by atoms with Gasteiger partial charge in [0.2, 0.25) is 0 Å². The Labute approximate surface area is 113 Å². The molecule has 1 aliphatic heterocycles. The molecule has 0 amide bonds. The van der Waals surface area contributed by atoms with E-state index in [1.807, 2.05) is 25.2 Å². The molecule has 0 bridgehead atoms. The molecule has 1 saturated heterocycles. The summed E-state index contributed by atoms with van der Waals surface area (Å²) in [6, 6.07) is 5.71. The molecule has 1 fully saturated rings. The Kier molecular flexibility index (Phi) is 4.87. The lowest BCUT2D eigenvalue weighted by Crippen LogP contribution is -2.33. The van der Waals surface area contributed by atoms with Crippen molar-refractivity contribution in [3.8, 4) is 0 Å². The molecule has 2 rings (SSSR count). The van der Waals surface area contributed by atoms with E-state index < -0.39 is 0 Å². The molecule has 0 aromatic heterocycles. The number of benzene rings is 1. The first-order valence-corrected chi connectivity index (χ1v) is 6.81. The molecule has 0 saturated carbocycles. The van der Waals surface area contributed by atoms with Crippen molar-refractivity contribution in [3.63, 3.8) is 0 Å². The normalized spacial score (nSPS) is 19.8. The summed E-state index contributed by atoms with van der Waals surface area (Å²) in [5.41, 5.74) is 1.77. The van der Waals surface area contributed by atoms with Crippen molar-refractivity contribution < 1.29 is 9.84 Å². The van der Waals surface area contributed by atoms with Gasteiger partial charge in [-0.15, -0.1) is 0 Å². The zero-order valence-corrected chi connectivity index (χ0v) is 11.5. The quantitative estimate of drug-likeness (QED) is 0.912. The first kappa shape index (κ1) is 13.7. The Morgan fingerprint density at radius 3 is 2.94 bits per heavy atom. The van der Waals surface area contributed by atoms with Gasteiger partial charge in [-0.2, -0.15) is 0 Å². The minimum atomic E-state index is -0.0368. The fourth-order valence-electron chi connectivity index (χ4n) is 2.42. The van der Waals surface area contributed by atoms with Crippen LogP contribution in [0.25, 0.3) is 0 Å². The summed E-state index contributed by atoms with van der Waals surface area (Å²) in [6.45, 7) is 1.67. The van der Waals surface area contributed by atoms with Gasteiger partial charge in [0.15, 0.2) is 0 Å². The van der Waals surface area contributed by atoms with Crippen LogP contribution in [0, 0.1) is 0 Å². The van der Waals surface area contributed by atoms with Gasteiger partial charge in [0, 0.05) is 36.5 Å². The molecule has 0 spiro atoms. The van der Waals surface area contributed by atoms with Gasteiger partial charge in [-0.1, -0.05) is 17.7 Å². The standard InChI is InChI=1S/C14H20ClNO2/c1-16(9-11-5-2-3-8-18-11)14-7-4-6-13(15)12(14)10-17/h4,6-7,11,17H,2-3,5,8-10H2,1H3. The summed E-state index contributed by atoms with van der Waals surface area (Å²) in [5.74, 6) is 0. The van der Waals surface area contributed by atoms with E-state index in [0.717, 1.165) is 30.8 Å². The number of aliphatic hydroxyl groups excluding tert-OH is 1. The highest BCUT2D eigenvalue weighted by molar-refractivity contribution is 6.31. The van der Waals surface area contributed by atoms with Crippen LogP contribution in [0.3, 0.4) is 0 Å². The summed E-state index contributed by atoms with van der Waals surface area (Å²) in [5, 5.41) is 10.0. The van der Waals surface area contributed by atoms with Gasteiger partial charge in [0.25, 0.3) is 0 Å². The van der Waals surface area contributed by atoms with Crippen LogP contribution in [-0.4, -0.2) is 31.4 Å². The molecule has 100 valence electrons. The number of rotatable bonds is 4. The molecule has 1 aromatic rings. The van der Waals surface area contributed by atoms with E-state index in [1.54, 1.807) is 0 Å². The molecule has 1 atom stereocenters. The van der Waals surface area contributed by atoms with Crippen LogP contribution in [-0.2, 0) is 11.3 Å². The maximum Gasteiger partial charge on any atom is 0.0749 e. The fourth-order valence-corrected chi connectivity index (χ4v) is 2.65. The fraction of sp³-hybridized carbons (Fsp3) is 0.571. The van der Waals surface area contributed by atoms with E-state index in [-0.39, 0.29) is 12.7 Å². The third-order valence-corrected chi connectivity index (χ3v) is 3.77. The highest BCUT2D eigenvalue weighted by Crippen LogP contribution is 2.27. The number of ether oxygens (including phenoxy) is 1. The van der Waals surface area contributed by atoms with E-state index in [1.165, 1.54) is 12.8 Å². The van der Waals surface area contributed by atoms with Crippen LogP contribution < -0.4 is 4.90 Å². The molecular formula is C14H20ClNO2. The lowest BCUT2D eigenvalue weighted by atomic mass is 10.1. The van der Waals surface area contributed by atoms with Crippen molar-refractivity contribution in [1.29, 1.82) is 0 Å². The second-order valence-corrected chi connectivity index (χ2v) is 5.17. The van der Waals surface area contributed by atoms with Crippen molar-refractivity contribution in [1.82, 2.24) is 0 Å². The van der Waals surface area contributed by atoms with Crippen LogP contribution in [0.1, 0.15) is 24.8 Å². The third kappa shape index (κ3) is 3.16. The summed E-state index contributed by atoms with van der Waals surface area (Å²) < 4.78 is 5.74. The predicted molar refractivity (Wildman–Crippen MR) is 74.2 cm³/mol. The minimum absolute atomic E-state index is 0.0368. The molecule has 1 aliphatic rings. The molecule has 4 heteroatoms. The zero-order valence-electron chi connectivity index (χ0n) is 10.7. The van der Waals surface area contributed by atoms with Crippen molar-refractivity contribution in [2.75, 3.05) is 25.1 Å². The molecule has 0 radical (unpaired) electrons. The lowest BCUT2D eigenvalue weighted by Gasteiger charge is -2.29. The van der Waals surface area contributed by atoms with Gasteiger partial charge in [-0.05, 0) is 31.4 Å². The maximum absolute atomic E-state index is 9.41. The van der Waals surface area contributed by atoms with Gasteiger partial charge in [-0.3, -0.25) is 0 Å². The second kappa shape index (κ2) is 6.41. The zero-order chi connectivity index (χ0) is 13.0. The van der Waals surface area contributed by atoms with Gasteiger partial charge < -0.3 is 14.7 Å². The van der Waals surface area contributed by atoms with Crippen LogP contribution in [0.2, 0.25) is 5.02 Å². The Morgan fingerprint density at radius 2 is 2.28 bits per heavy atom. The summed E-state index contributed by atoms with van der Waals surface area (Å²) in [6.07, 6.45) is 3.80. The SMILES string of the molecule is CN(CC1CCCCO1)c1cccc(Cl)c1CO. The maximum atomic E-state index is 9.41. The number of likely N-dealkylation sites (N-methyl/N-ethyl adjacent to an activating group) is 1. The largest absolute Gasteiger partial charge is 0.392 e. The Bertz CT molecular complexity index is 391. The van der Waals surface area contributed by atoms with Gasteiger partial charge in [-0.25, -0.2) is 0 Å². The average Bonchev–Trinajstić information content (AvgIpc) is 2.39. The Balaban J connectivity index is 2.07. The Morgan fingerprint density at radius 1 is 1.44 bits per heavy atom. The van der Waals surface area contributed by atoms with Crippen molar-refractivity contribution in [2.24, 2.45) is 0 Å². The van der Waals surface area contributed by atoms with Crippen LogP contribution >= 0.6 is 11.6 Å². The third-order valence-electron chi connectivity index (χ3n) is 3.41. The van der Waals surface area contributed by atoms with Crippen molar-refractivity contribution in [2.45, 2.75) is 32.0 Å². The molecule has 1 unspecified atom stereocenters. The highest BCUT2D eigenvalue weighted by atomic mass is 35.5. The molecule has 1 N–H and O–H groups in total. The van der Waals surface area contributed by atoms with Gasteiger partial charge >= 0.3 is 0 Å². The first-order chi connectivity index (χ1) is 8.72. The molecule has 18 heavy (non-hydrogen) atoms.